The molecule has 0 radical (unpaired) electrons. The van der Waals surface area contributed by atoms with Gasteiger partial charge in [-0.05, 0) is 55.4 Å². The SMILES string of the molecule is Cc1cc(Cl)cc2c3c(n(C(N)=O)c12)CCC(CO)C3. The second-order valence-electron chi connectivity index (χ2n) is 5.51. The lowest BCUT2D eigenvalue weighted by Gasteiger charge is -2.21. The van der Waals surface area contributed by atoms with Crippen LogP contribution in [0.25, 0.3) is 10.9 Å². The number of hydrogen-bond donors (Lipinski definition) is 2. The third-order valence-corrected chi connectivity index (χ3v) is 4.41. The molecular weight excluding hydrogens is 276 g/mol. The second-order valence-corrected chi connectivity index (χ2v) is 5.95. The van der Waals surface area contributed by atoms with Crippen molar-refractivity contribution in [2.24, 2.45) is 11.7 Å². The standard InChI is InChI=1S/C15H17ClN2O2/c1-8-4-10(16)6-12-11-5-9(7-19)2-3-13(11)18(14(8)12)15(17)20/h4,6,9,19H,2-3,5,7H2,1H3,(H2,17,20). The molecule has 1 aliphatic rings. The maximum absolute atomic E-state index is 11.8. The molecule has 3 rings (SSSR count). The van der Waals surface area contributed by atoms with Crippen LogP contribution in [0.4, 0.5) is 4.79 Å². The van der Waals surface area contributed by atoms with Crippen molar-refractivity contribution in [3.63, 3.8) is 0 Å². The van der Waals surface area contributed by atoms with E-state index in [1.165, 1.54) is 0 Å². The highest BCUT2D eigenvalue weighted by Gasteiger charge is 2.27. The monoisotopic (exact) mass is 292 g/mol. The number of primary amides is 1. The summed E-state index contributed by atoms with van der Waals surface area (Å²) in [6.45, 7) is 2.10. The maximum Gasteiger partial charge on any atom is 0.323 e. The first-order valence-electron chi connectivity index (χ1n) is 6.76. The maximum atomic E-state index is 11.8. The van der Waals surface area contributed by atoms with E-state index >= 15 is 0 Å². The molecule has 0 bridgehead atoms. The van der Waals surface area contributed by atoms with E-state index in [-0.39, 0.29) is 12.5 Å². The largest absolute Gasteiger partial charge is 0.396 e. The molecule has 0 aliphatic heterocycles. The van der Waals surface area contributed by atoms with Crippen molar-refractivity contribution in [3.05, 3.63) is 34.0 Å². The summed E-state index contributed by atoms with van der Waals surface area (Å²) < 4.78 is 1.62. The number of rotatable bonds is 1. The highest BCUT2D eigenvalue weighted by atomic mass is 35.5. The Labute approximate surface area is 122 Å². The number of aromatic nitrogens is 1. The molecule has 0 fully saturated rings. The normalized spacial score (nSPS) is 18.2. The van der Waals surface area contributed by atoms with E-state index in [1.807, 2.05) is 19.1 Å². The van der Waals surface area contributed by atoms with Gasteiger partial charge in [0.15, 0.2) is 0 Å². The van der Waals surface area contributed by atoms with E-state index in [4.69, 9.17) is 17.3 Å². The summed E-state index contributed by atoms with van der Waals surface area (Å²) in [4.78, 5) is 11.8. The van der Waals surface area contributed by atoms with Crippen LogP contribution in [-0.4, -0.2) is 22.3 Å². The number of aliphatic hydroxyl groups excluding tert-OH is 1. The number of hydrogen-bond acceptors (Lipinski definition) is 2. The zero-order chi connectivity index (χ0) is 14.4. The topological polar surface area (TPSA) is 68.2 Å². The summed E-state index contributed by atoms with van der Waals surface area (Å²) >= 11 is 6.15. The first kappa shape index (κ1) is 13.5. The highest BCUT2D eigenvalue weighted by molar-refractivity contribution is 6.31. The zero-order valence-corrected chi connectivity index (χ0v) is 12.1. The number of benzene rings is 1. The van der Waals surface area contributed by atoms with E-state index in [9.17, 15) is 9.90 Å². The number of carbonyl (C=O) groups excluding carboxylic acids is 1. The molecule has 1 amide bonds. The smallest absolute Gasteiger partial charge is 0.323 e. The van der Waals surface area contributed by atoms with Gasteiger partial charge in [0, 0.05) is 22.7 Å². The number of carbonyl (C=O) groups is 1. The van der Waals surface area contributed by atoms with Crippen LogP contribution < -0.4 is 5.73 Å². The number of aliphatic hydroxyl groups is 1. The third-order valence-electron chi connectivity index (χ3n) is 4.19. The van der Waals surface area contributed by atoms with Crippen LogP contribution in [0.3, 0.4) is 0 Å². The first-order chi connectivity index (χ1) is 9.52. The van der Waals surface area contributed by atoms with Crippen molar-refractivity contribution >= 4 is 28.5 Å². The van der Waals surface area contributed by atoms with Gasteiger partial charge in [-0.1, -0.05) is 11.6 Å². The highest BCUT2D eigenvalue weighted by Crippen LogP contribution is 2.36. The molecule has 4 nitrogen and oxygen atoms in total. The summed E-state index contributed by atoms with van der Waals surface area (Å²) in [5, 5.41) is 11.0. The van der Waals surface area contributed by atoms with Crippen molar-refractivity contribution in [1.29, 1.82) is 0 Å². The van der Waals surface area contributed by atoms with Crippen molar-refractivity contribution in [2.45, 2.75) is 26.2 Å². The fraction of sp³-hybridized carbons (Fsp3) is 0.400. The van der Waals surface area contributed by atoms with Crippen molar-refractivity contribution in [3.8, 4) is 0 Å². The van der Waals surface area contributed by atoms with Crippen molar-refractivity contribution in [1.82, 2.24) is 4.57 Å². The molecule has 2 aromatic rings. The molecular formula is C15H17ClN2O2. The number of amides is 1. The van der Waals surface area contributed by atoms with Gasteiger partial charge in [-0.15, -0.1) is 0 Å². The molecule has 1 heterocycles. The minimum atomic E-state index is -0.455. The quantitative estimate of drug-likeness (QED) is 0.848. The minimum absolute atomic E-state index is 0.169. The summed E-state index contributed by atoms with van der Waals surface area (Å²) in [7, 11) is 0. The summed E-state index contributed by atoms with van der Waals surface area (Å²) in [5.74, 6) is 0.244. The van der Waals surface area contributed by atoms with Gasteiger partial charge in [-0.2, -0.15) is 0 Å². The Balaban J connectivity index is 2.35. The van der Waals surface area contributed by atoms with Crippen LogP contribution in [0.2, 0.25) is 5.02 Å². The molecule has 1 atom stereocenters. The Morgan fingerprint density at radius 1 is 1.55 bits per heavy atom. The Morgan fingerprint density at radius 3 is 2.95 bits per heavy atom. The lowest BCUT2D eigenvalue weighted by molar-refractivity contribution is 0.212. The van der Waals surface area contributed by atoms with Crippen LogP contribution in [0.5, 0.6) is 0 Å². The number of aryl methyl sites for hydroxylation is 1. The Morgan fingerprint density at radius 2 is 2.30 bits per heavy atom. The molecule has 1 aromatic carbocycles. The van der Waals surface area contributed by atoms with Gasteiger partial charge in [0.2, 0.25) is 0 Å². The lowest BCUT2D eigenvalue weighted by Crippen LogP contribution is -2.25. The molecule has 20 heavy (non-hydrogen) atoms. The predicted octanol–water partition coefficient (Wildman–Crippen LogP) is 2.63. The summed E-state index contributed by atoms with van der Waals surface area (Å²) in [6, 6.07) is 3.28. The van der Waals surface area contributed by atoms with Crippen LogP contribution in [0.1, 0.15) is 23.2 Å². The number of nitrogens with two attached hydrogens (primary N) is 1. The zero-order valence-electron chi connectivity index (χ0n) is 11.3. The van der Waals surface area contributed by atoms with Gasteiger partial charge in [0.25, 0.3) is 0 Å². The molecule has 106 valence electrons. The molecule has 1 aliphatic carbocycles. The average molecular weight is 293 g/mol. The fourth-order valence-electron chi connectivity index (χ4n) is 3.31. The Bertz CT molecular complexity index is 706. The van der Waals surface area contributed by atoms with E-state index in [1.54, 1.807) is 4.57 Å². The number of halogens is 1. The van der Waals surface area contributed by atoms with Crippen LogP contribution >= 0.6 is 11.6 Å². The van der Waals surface area contributed by atoms with Crippen LogP contribution in [-0.2, 0) is 12.8 Å². The molecule has 1 unspecified atom stereocenters. The van der Waals surface area contributed by atoms with Gasteiger partial charge in [-0.25, -0.2) is 4.79 Å². The first-order valence-corrected chi connectivity index (χ1v) is 7.13. The lowest BCUT2D eigenvalue weighted by atomic mass is 9.87. The average Bonchev–Trinajstić information content (AvgIpc) is 2.73. The second kappa shape index (κ2) is 4.79. The van der Waals surface area contributed by atoms with E-state index in [0.29, 0.717) is 5.02 Å². The number of fused-ring (bicyclic) bond motifs is 3. The van der Waals surface area contributed by atoms with E-state index in [0.717, 1.165) is 47.0 Å². The fourth-order valence-corrected chi connectivity index (χ4v) is 3.58. The number of nitrogens with zero attached hydrogens (tertiary/aromatic N) is 1. The van der Waals surface area contributed by atoms with Crippen LogP contribution in [0, 0.1) is 12.8 Å². The molecule has 5 heteroatoms. The van der Waals surface area contributed by atoms with Gasteiger partial charge in [0.1, 0.15) is 0 Å². The molecule has 0 saturated heterocycles. The van der Waals surface area contributed by atoms with Gasteiger partial charge in [0.05, 0.1) is 5.52 Å². The predicted molar refractivity (Wildman–Crippen MR) is 79.3 cm³/mol. The third kappa shape index (κ3) is 1.91. The molecule has 0 spiro atoms. The van der Waals surface area contributed by atoms with Crippen molar-refractivity contribution < 1.29 is 9.90 Å². The molecule has 1 aromatic heterocycles. The molecule has 3 N–H and O–H groups in total. The van der Waals surface area contributed by atoms with Gasteiger partial charge < -0.3 is 10.8 Å². The minimum Gasteiger partial charge on any atom is -0.396 e. The summed E-state index contributed by atoms with van der Waals surface area (Å²) in [5.41, 5.74) is 9.44. The molecule has 0 saturated carbocycles. The van der Waals surface area contributed by atoms with Crippen molar-refractivity contribution in [2.75, 3.05) is 6.61 Å². The van der Waals surface area contributed by atoms with Crippen LogP contribution in [0.15, 0.2) is 12.1 Å². The van der Waals surface area contributed by atoms with Gasteiger partial charge in [-0.3, -0.25) is 4.57 Å². The Kier molecular flexibility index (Phi) is 3.22. The van der Waals surface area contributed by atoms with E-state index < -0.39 is 6.03 Å². The Hall–Kier alpha value is -1.52. The summed E-state index contributed by atoms with van der Waals surface area (Å²) in [6.07, 6.45) is 2.40. The van der Waals surface area contributed by atoms with Gasteiger partial charge >= 0.3 is 6.03 Å². The van der Waals surface area contributed by atoms with E-state index in [2.05, 4.69) is 0 Å².